The molecule has 136 valence electrons. The third-order valence-corrected chi connectivity index (χ3v) is 4.85. The Morgan fingerprint density at radius 1 is 1.12 bits per heavy atom. The number of nitrogens with one attached hydrogen (secondary N) is 1. The molecule has 0 bridgehead atoms. The molecular weight excluding hydrogens is 332 g/mol. The van der Waals surface area contributed by atoms with E-state index in [1.54, 1.807) is 24.7 Å². The van der Waals surface area contributed by atoms with Crippen molar-refractivity contribution < 1.29 is 14.3 Å². The minimum atomic E-state index is -0.474. The predicted molar refractivity (Wildman–Crippen MR) is 95.6 cm³/mol. The molecule has 0 aliphatic carbocycles. The van der Waals surface area contributed by atoms with Crippen molar-refractivity contribution >= 4 is 11.6 Å². The zero-order valence-corrected chi connectivity index (χ0v) is 14.6. The molecule has 2 saturated heterocycles. The van der Waals surface area contributed by atoms with Crippen LogP contribution in [0.2, 0.25) is 0 Å². The fourth-order valence-corrected chi connectivity index (χ4v) is 3.36. The summed E-state index contributed by atoms with van der Waals surface area (Å²) in [4.78, 5) is 22.9. The van der Waals surface area contributed by atoms with Crippen LogP contribution in [0.5, 0.6) is 0 Å². The summed E-state index contributed by atoms with van der Waals surface area (Å²) in [6.07, 6.45) is 6.60. The Bertz CT molecular complexity index is 752. The SMILES string of the molecule is O=C(c1cc(NCc2ccncc2)ccn1)N1CCC2(CC1)OCCO2. The number of amides is 1. The smallest absolute Gasteiger partial charge is 0.272 e. The van der Waals surface area contributed by atoms with Crippen LogP contribution in [0.3, 0.4) is 0 Å². The molecule has 0 unspecified atom stereocenters. The second-order valence-corrected chi connectivity index (χ2v) is 6.54. The highest BCUT2D eigenvalue weighted by Gasteiger charge is 2.41. The summed E-state index contributed by atoms with van der Waals surface area (Å²) in [5, 5.41) is 3.32. The van der Waals surface area contributed by atoms with Crippen LogP contribution in [0.25, 0.3) is 0 Å². The summed E-state index contributed by atoms with van der Waals surface area (Å²) in [5.41, 5.74) is 2.45. The molecule has 1 amide bonds. The first-order valence-corrected chi connectivity index (χ1v) is 8.90. The first kappa shape index (κ1) is 16.9. The van der Waals surface area contributed by atoms with E-state index >= 15 is 0 Å². The summed E-state index contributed by atoms with van der Waals surface area (Å²) in [7, 11) is 0. The maximum Gasteiger partial charge on any atom is 0.272 e. The summed E-state index contributed by atoms with van der Waals surface area (Å²) in [6.45, 7) is 3.19. The quantitative estimate of drug-likeness (QED) is 0.906. The van der Waals surface area contributed by atoms with Gasteiger partial charge in [0.1, 0.15) is 5.69 Å². The van der Waals surface area contributed by atoms with Crippen LogP contribution in [0, 0.1) is 0 Å². The zero-order chi connectivity index (χ0) is 17.8. The number of hydrogen-bond acceptors (Lipinski definition) is 6. The van der Waals surface area contributed by atoms with E-state index < -0.39 is 5.79 Å². The summed E-state index contributed by atoms with van der Waals surface area (Å²) >= 11 is 0. The second kappa shape index (κ2) is 7.39. The zero-order valence-electron chi connectivity index (χ0n) is 14.6. The van der Waals surface area contributed by atoms with Crippen LogP contribution in [0.1, 0.15) is 28.9 Å². The first-order chi connectivity index (χ1) is 12.7. The average Bonchev–Trinajstić information content (AvgIpc) is 3.15. The summed E-state index contributed by atoms with van der Waals surface area (Å²) in [6, 6.07) is 7.58. The van der Waals surface area contributed by atoms with Gasteiger partial charge in [-0.2, -0.15) is 0 Å². The molecular formula is C19H22N4O3. The standard InChI is InChI=1S/C19H22N4O3/c24-18(23-9-4-19(5-10-23)25-11-12-26-19)17-13-16(3-8-21-17)22-14-15-1-6-20-7-2-15/h1-3,6-8,13H,4-5,9-12,14H2,(H,21,22). The van der Waals surface area contributed by atoms with Gasteiger partial charge in [0.05, 0.1) is 13.2 Å². The Labute approximate surface area is 152 Å². The lowest BCUT2D eigenvalue weighted by molar-refractivity contribution is -0.181. The number of likely N-dealkylation sites (tertiary alicyclic amines) is 1. The van der Waals surface area contributed by atoms with Gasteiger partial charge in [0.15, 0.2) is 5.79 Å². The molecule has 7 heteroatoms. The van der Waals surface area contributed by atoms with E-state index in [1.165, 1.54) is 0 Å². The van der Waals surface area contributed by atoms with Gasteiger partial charge in [-0.05, 0) is 29.8 Å². The first-order valence-electron chi connectivity index (χ1n) is 8.90. The third-order valence-electron chi connectivity index (χ3n) is 4.85. The molecule has 4 rings (SSSR count). The van der Waals surface area contributed by atoms with Crippen LogP contribution in [-0.2, 0) is 16.0 Å². The number of pyridine rings is 2. The molecule has 2 aromatic heterocycles. The molecule has 2 fully saturated rings. The number of carbonyl (C=O) groups excluding carboxylic acids is 1. The van der Waals surface area contributed by atoms with Crippen molar-refractivity contribution in [3.63, 3.8) is 0 Å². The van der Waals surface area contributed by atoms with Gasteiger partial charge >= 0.3 is 0 Å². The fourth-order valence-electron chi connectivity index (χ4n) is 3.36. The lowest BCUT2D eigenvalue weighted by atomic mass is 10.0. The highest BCUT2D eigenvalue weighted by atomic mass is 16.7. The van der Waals surface area contributed by atoms with Gasteiger partial charge < -0.3 is 19.7 Å². The van der Waals surface area contributed by atoms with Gasteiger partial charge in [-0.1, -0.05) is 0 Å². The van der Waals surface area contributed by atoms with E-state index in [0.717, 1.165) is 11.3 Å². The molecule has 0 atom stereocenters. The van der Waals surface area contributed by atoms with Crippen molar-refractivity contribution in [3.05, 3.63) is 54.1 Å². The number of ether oxygens (including phenoxy) is 2. The topological polar surface area (TPSA) is 76.6 Å². The molecule has 0 aromatic carbocycles. The van der Waals surface area contributed by atoms with Crippen LogP contribution < -0.4 is 5.32 Å². The lowest BCUT2D eigenvalue weighted by Crippen LogP contribution is -2.47. The highest BCUT2D eigenvalue weighted by Crippen LogP contribution is 2.31. The maximum absolute atomic E-state index is 12.8. The molecule has 4 heterocycles. The van der Waals surface area contributed by atoms with E-state index in [-0.39, 0.29) is 5.91 Å². The van der Waals surface area contributed by atoms with Gasteiger partial charge in [-0.15, -0.1) is 0 Å². The molecule has 7 nitrogen and oxygen atoms in total. The van der Waals surface area contributed by atoms with E-state index in [2.05, 4.69) is 15.3 Å². The summed E-state index contributed by atoms with van der Waals surface area (Å²) < 4.78 is 11.4. The van der Waals surface area contributed by atoms with E-state index in [4.69, 9.17) is 9.47 Å². The lowest BCUT2D eigenvalue weighted by Gasteiger charge is -2.37. The van der Waals surface area contributed by atoms with Gasteiger partial charge in [0, 0.05) is 56.8 Å². The Kier molecular flexibility index (Phi) is 4.81. The predicted octanol–water partition coefficient (Wildman–Crippen LogP) is 2.07. The van der Waals surface area contributed by atoms with Gasteiger partial charge in [-0.25, -0.2) is 0 Å². The molecule has 2 aliphatic rings. The van der Waals surface area contributed by atoms with Crippen molar-refractivity contribution in [3.8, 4) is 0 Å². The molecule has 2 aromatic rings. The second-order valence-electron chi connectivity index (χ2n) is 6.54. The highest BCUT2D eigenvalue weighted by molar-refractivity contribution is 5.93. The summed E-state index contributed by atoms with van der Waals surface area (Å²) in [5.74, 6) is -0.525. The monoisotopic (exact) mass is 354 g/mol. The number of carbonyl (C=O) groups is 1. The largest absolute Gasteiger partial charge is 0.381 e. The number of nitrogens with zero attached hydrogens (tertiary/aromatic N) is 3. The number of rotatable bonds is 4. The molecule has 26 heavy (non-hydrogen) atoms. The van der Waals surface area contributed by atoms with E-state index in [0.29, 0.717) is 51.4 Å². The van der Waals surface area contributed by atoms with Crippen molar-refractivity contribution in [2.24, 2.45) is 0 Å². The normalized spacial score (nSPS) is 18.8. The van der Waals surface area contributed by atoms with Crippen LogP contribution in [0.15, 0.2) is 42.9 Å². The average molecular weight is 354 g/mol. The van der Waals surface area contributed by atoms with Crippen LogP contribution >= 0.6 is 0 Å². The van der Waals surface area contributed by atoms with Crippen LogP contribution in [-0.4, -0.2) is 52.9 Å². The third kappa shape index (κ3) is 3.68. The number of piperidine rings is 1. The van der Waals surface area contributed by atoms with Gasteiger partial charge in [0.2, 0.25) is 0 Å². The Hall–Kier alpha value is -2.51. The molecule has 1 N–H and O–H groups in total. The molecule has 1 spiro atoms. The minimum Gasteiger partial charge on any atom is -0.381 e. The number of anilines is 1. The fraction of sp³-hybridized carbons (Fsp3) is 0.421. The molecule has 0 saturated carbocycles. The van der Waals surface area contributed by atoms with Crippen molar-refractivity contribution in [1.82, 2.24) is 14.9 Å². The van der Waals surface area contributed by atoms with E-state index in [1.807, 2.05) is 23.1 Å². The van der Waals surface area contributed by atoms with Gasteiger partial charge in [0.25, 0.3) is 5.91 Å². The maximum atomic E-state index is 12.8. The van der Waals surface area contributed by atoms with Crippen LogP contribution in [0.4, 0.5) is 5.69 Å². The molecule has 0 radical (unpaired) electrons. The van der Waals surface area contributed by atoms with Crippen molar-refractivity contribution in [2.75, 3.05) is 31.6 Å². The Balaban J connectivity index is 1.37. The van der Waals surface area contributed by atoms with Crippen molar-refractivity contribution in [1.29, 1.82) is 0 Å². The van der Waals surface area contributed by atoms with E-state index in [9.17, 15) is 4.79 Å². The minimum absolute atomic E-state index is 0.0505. The number of hydrogen-bond donors (Lipinski definition) is 1. The van der Waals surface area contributed by atoms with Crippen molar-refractivity contribution in [2.45, 2.75) is 25.2 Å². The molecule has 2 aliphatic heterocycles. The number of aromatic nitrogens is 2. The van der Waals surface area contributed by atoms with Gasteiger partial charge in [-0.3, -0.25) is 14.8 Å². The Morgan fingerprint density at radius 3 is 2.58 bits per heavy atom. The Morgan fingerprint density at radius 2 is 1.85 bits per heavy atom.